The summed E-state index contributed by atoms with van der Waals surface area (Å²) in [7, 11) is -4.20. The van der Waals surface area contributed by atoms with Crippen LogP contribution in [-0.4, -0.2) is 48.7 Å². The van der Waals surface area contributed by atoms with Crippen LogP contribution in [0.3, 0.4) is 0 Å². The Morgan fingerprint density at radius 2 is 1.70 bits per heavy atom. The van der Waals surface area contributed by atoms with Gasteiger partial charge in [0.1, 0.15) is 11.6 Å². The van der Waals surface area contributed by atoms with Gasteiger partial charge in [0.25, 0.3) is 10.1 Å². The van der Waals surface area contributed by atoms with E-state index in [2.05, 4.69) is 10.6 Å². The predicted octanol–water partition coefficient (Wildman–Crippen LogP) is 0.603. The monoisotopic (exact) mass is 431 g/mol. The van der Waals surface area contributed by atoms with Crippen molar-refractivity contribution in [3.05, 3.63) is 71.8 Å². The zero-order chi connectivity index (χ0) is 21.8. The molecule has 1 saturated carbocycles. The Hall–Kier alpha value is -2.75. The van der Waals surface area contributed by atoms with Crippen molar-refractivity contribution in [2.24, 2.45) is 5.73 Å². The van der Waals surface area contributed by atoms with Crippen molar-refractivity contribution in [3.63, 3.8) is 0 Å². The van der Waals surface area contributed by atoms with E-state index in [0.717, 1.165) is 11.1 Å². The molecule has 0 radical (unpaired) electrons. The van der Waals surface area contributed by atoms with Gasteiger partial charge in [0, 0.05) is 18.9 Å². The van der Waals surface area contributed by atoms with Crippen LogP contribution in [0.2, 0.25) is 0 Å². The summed E-state index contributed by atoms with van der Waals surface area (Å²) in [6.07, 6.45) is 0.696. The van der Waals surface area contributed by atoms with E-state index in [0.29, 0.717) is 6.42 Å². The first-order valence-corrected chi connectivity index (χ1v) is 11.2. The molecule has 0 spiro atoms. The minimum Gasteiger partial charge on any atom is -0.353 e. The Morgan fingerprint density at radius 1 is 1.10 bits per heavy atom. The van der Waals surface area contributed by atoms with E-state index in [1.165, 1.54) is 0 Å². The van der Waals surface area contributed by atoms with Crippen LogP contribution >= 0.6 is 0 Å². The summed E-state index contributed by atoms with van der Waals surface area (Å²) in [5.41, 5.74) is 7.01. The Labute approximate surface area is 175 Å². The van der Waals surface area contributed by atoms with Crippen molar-refractivity contribution in [2.75, 3.05) is 12.3 Å². The van der Waals surface area contributed by atoms with Crippen molar-refractivity contribution < 1.29 is 22.6 Å². The van der Waals surface area contributed by atoms with Gasteiger partial charge in [-0.1, -0.05) is 60.7 Å². The summed E-state index contributed by atoms with van der Waals surface area (Å²) in [5, 5.41) is 5.17. The molecule has 1 aliphatic carbocycles. The van der Waals surface area contributed by atoms with E-state index < -0.39 is 39.3 Å². The standard InChI is InChI=1S/C21H25N3O5S/c22-21(14-17(21)16-9-5-2-6-10-16)20(26)24-18(13-15-7-3-1-4-8-15)19(25)23-11-12-30(27,28)29/h1-10,17-18H,11-14,22H2,(H,23,25)(H,24,26)(H,27,28,29)/t17?,18-,21?/m0/s1. The van der Waals surface area contributed by atoms with Crippen LogP contribution < -0.4 is 16.4 Å². The van der Waals surface area contributed by atoms with Crippen LogP contribution in [0.1, 0.15) is 23.5 Å². The van der Waals surface area contributed by atoms with Crippen molar-refractivity contribution in [3.8, 4) is 0 Å². The maximum atomic E-state index is 12.9. The fraction of sp³-hybridized carbons (Fsp3) is 0.333. The van der Waals surface area contributed by atoms with Gasteiger partial charge in [0.05, 0.1) is 5.75 Å². The van der Waals surface area contributed by atoms with E-state index in [4.69, 9.17) is 10.3 Å². The lowest BCUT2D eigenvalue weighted by molar-refractivity contribution is -0.130. The van der Waals surface area contributed by atoms with E-state index in [-0.39, 0.29) is 18.9 Å². The smallest absolute Gasteiger partial charge is 0.266 e. The van der Waals surface area contributed by atoms with Gasteiger partial charge in [-0.05, 0) is 17.5 Å². The van der Waals surface area contributed by atoms with E-state index in [1.807, 2.05) is 60.7 Å². The summed E-state index contributed by atoms with van der Waals surface area (Å²) in [6, 6.07) is 17.7. The summed E-state index contributed by atoms with van der Waals surface area (Å²) in [5.74, 6) is -1.71. The summed E-state index contributed by atoms with van der Waals surface area (Å²) in [4.78, 5) is 25.5. The first-order chi connectivity index (χ1) is 14.2. The molecule has 0 aliphatic heterocycles. The maximum absolute atomic E-state index is 12.9. The molecule has 0 heterocycles. The molecular weight excluding hydrogens is 406 g/mol. The number of hydrogen-bond donors (Lipinski definition) is 4. The molecule has 3 atom stereocenters. The van der Waals surface area contributed by atoms with Gasteiger partial charge in [-0.15, -0.1) is 0 Å². The first kappa shape index (κ1) is 21.9. The lowest BCUT2D eigenvalue weighted by atomic mass is 10.0. The molecule has 2 aromatic rings. The number of rotatable bonds is 9. The van der Waals surface area contributed by atoms with Gasteiger partial charge in [-0.3, -0.25) is 14.1 Å². The molecule has 3 rings (SSSR count). The lowest BCUT2D eigenvalue weighted by Crippen LogP contribution is -2.54. The van der Waals surface area contributed by atoms with Crippen molar-refractivity contribution >= 4 is 21.9 Å². The normalized spacial score (nSPS) is 21.5. The first-order valence-electron chi connectivity index (χ1n) is 9.60. The van der Waals surface area contributed by atoms with Crippen LogP contribution in [0, 0.1) is 0 Å². The highest BCUT2D eigenvalue weighted by Gasteiger charge is 2.58. The van der Waals surface area contributed by atoms with Gasteiger partial charge < -0.3 is 16.4 Å². The maximum Gasteiger partial charge on any atom is 0.266 e. The Balaban J connectivity index is 1.68. The Kier molecular flexibility index (Phi) is 6.55. The van der Waals surface area contributed by atoms with Crippen LogP contribution in [0.5, 0.6) is 0 Å². The van der Waals surface area contributed by atoms with Crippen LogP contribution in [0.15, 0.2) is 60.7 Å². The second kappa shape index (κ2) is 8.95. The SMILES string of the molecule is NC1(C(=O)N[C@@H](Cc2ccccc2)C(=O)NCCS(=O)(=O)O)CC1c1ccccc1. The lowest BCUT2D eigenvalue weighted by Gasteiger charge is -2.21. The van der Waals surface area contributed by atoms with Crippen LogP contribution in [0.25, 0.3) is 0 Å². The molecule has 1 fully saturated rings. The molecule has 1 aliphatic rings. The quantitative estimate of drug-likeness (QED) is 0.429. The summed E-state index contributed by atoms with van der Waals surface area (Å²) in [6.45, 7) is -0.265. The van der Waals surface area contributed by atoms with Crippen molar-refractivity contribution in [2.45, 2.75) is 30.3 Å². The van der Waals surface area contributed by atoms with E-state index >= 15 is 0 Å². The second-order valence-electron chi connectivity index (χ2n) is 7.50. The fourth-order valence-corrected chi connectivity index (χ4v) is 3.77. The topological polar surface area (TPSA) is 139 Å². The molecule has 9 heteroatoms. The van der Waals surface area contributed by atoms with Gasteiger partial charge in [0.2, 0.25) is 11.8 Å². The molecule has 2 aromatic carbocycles. The van der Waals surface area contributed by atoms with Gasteiger partial charge in [-0.2, -0.15) is 8.42 Å². The molecule has 5 N–H and O–H groups in total. The molecule has 160 valence electrons. The number of carbonyl (C=O) groups excluding carboxylic acids is 2. The summed E-state index contributed by atoms with van der Waals surface area (Å²) >= 11 is 0. The largest absolute Gasteiger partial charge is 0.353 e. The second-order valence-corrected chi connectivity index (χ2v) is 9.07. The molecule has 0 aromatic heterocycles. The fourth-order valence-electron chi connectivity index (χ4n) is 3.41. The molecule has 0 saturated heterocycles. The highest BCUT2D eigenvalue weighted by molar-refractivity contribution is 7.85. The molecule has 8 nitrogen and oxygen atoms in total. The number of hydrogen-bond acceptors (Lipinski definition) is 5. The average molecular weight is 432 g/mol. The predicted molar refractivity (Wildman–Crippen MR) is 112 cm³/mol. The van der Waals surface area contributed by atoms with E-state index in [1.54, 1.807) is 0 Å². The highest BCUT2D eigenvalue weighted by Crippen LogP contribution is 2.49. The zero-order valence-electron chi connectivity index (χ0n) is 16.3. The minimum absolute atomic E-state index is 0.126. The zero-order valence-corrected chi connectivity index (χ0v) is 17.1. The number of nitrogens with one attached hydrogen (secondary N) is 2. The molecule has 2 amide bonds. The number of nitrogens with two attached hydrogens (primary N) is 1. The number of amides is 2. The van der Waals surface area contributed by atoms with Gasteiger partial charge in [0.15, 0.2) is 0 Å². The van der Waals surface area contributed by atoms with Crippen molar-refractivity contribution in [1.82, 2.24) is 10.6 Å². The summed E-state index contributed by atoms with van der Waals surface area (Å²) < 4.78 is 30.6. The van der Waals surface area contributed by atoms with Crippen LogP contribution in [0.4, 0.5) is 0 Å². The van der Waals surface area contributed by atoms with Crippen molar-refractivity contribution in [1.29, 1.82) is 0 Å². The third-order valence-corrected chi connectivity index (χ3v) is 5.91. The Bertz CT molecular complexity index is 998. The van der Waals surface area contributed by atoms with Gasteiger partial charge >= 0.3 is 0 Å². The Morgan fingerprint density at radius 3 is 2.30 bits per heavy atom. The molecule has 0 bridgehead atoms. The number of benzene rings is 2. The third kappa shape index (κ3) is 5.65. The molecule has 30 heavy (non-hydrogen) atoms. The van der Waals surface area contributed by atoms with E-state index in [9.17, 15) is 18.0 Å². The third-order valence-electron chi connectivity index (χ3n) is 5.19. The number of carbonyl (C=O) groups is 2. The van der Waals surface area contributed by atoms with Crippen LogP contribution in [-0.2, 0) is 26.1 Å². The average Bonchev–Trinajstić information content (AvgIpc) is 3.41. The molecular formula is C21H25N3O5S. The van der Waals surface area contributed by atoms with Gasteiger partial charge in [-0.25, -0.2) is 0 Å². The molecule has 2 unspecified atom stereocenters. The highest BCUT2D eigenvalue weighted by atomic mass is 32.2. The minimum atomic E-state index is -4.20.